The largest absolute Gasteiger partial charge is 0.481 e. The second-order valence-electron chi connectivity index (χ2n) is 8.60. The number of carbonyl (C=O) groups is 5. The fraction of sp³-hybridized carbons (Fsp3) is 0.636. The highest BCUT2D eigenvalue weighted by Gasteiger charge is 2.31. The van der Waals surface area contributed by atoms with Crippen LogP contribution >= 0.6 is 0 Å². The van der Waals surface area contributed by atoms with Crippen molar-refractivity contribution in [2.24, 2.45) is 17.4 Å². The number of hydrogen-bond donors (Lipinski definition) is 8. The van der Waals surface area contributed by atoms with E-state index in [4.69, 9.17) is 16.6 Å². The Kier molecular flexibility index (Phi) is 13.1. The van der Waals surface area contributed by atoms with Gasteiger partial charge in [0.05, 0.1) is 18.8 Å². The van der Waals surface area contributed by atoms with Crippen molar-refractivity contribution >= 4 is 29.7 Å². The molecule has 0 radical (unpaired) electrons. The molecular formula is C22H37N7O7. The molecule has 5 atom stereocenters. The molecule has 0 aliphatic carbocycles. The monoisotopic (exact) mass is 511 g/mol. The van der Waals surface area contributed by atoms with Crippen LogP contribution in [0, 0.1) is 5.92 Å². The van der Waals surface area contributed by atoms with Crippen LogP contribution in [-0.2, 0) is 30.4 Å². The van der Waals surface area contributed by atoms with Crippen molar-refractivity contribution < 1.29 is 34.2 Å². The number of nitrogens with one attached hydrogen (secondary N) is 4. The van der Waals surface area contributed by atoms with Crippen molar-refractivity contribution in [1.29, 1.82) is 0 Å². The first-order valence-corrected chi connectivity index (χ1v) is 11.8. The lowest BCUT2D eigenvalue weighted by molar-refractivity contribution is -0.147. The van der Waals surface area contributed by atoms with Crippen LogP contribution in [0.15, 0.2) is 12.5 Å². The van der Waals surface area contributed by atoms with Gasteiger partial charge in [-0.15, -0.1) is 0 Å². The average Bonchev–Trinajstić information content (AvgIpc) is 3.34. The van der Waals surface area contributed by atoms with Gasteiger partial charge in [0.1, 0.15) is 18.1 Å². The van der Waals surface area contributed by atoms with Gasteiger partial charge >= 0.3 is 11.9 Å². The highest BCUT2D eigenvalue weighted by molar-refractivity contribution is 5.94. The molecule has 0 aromatic carbocycles. The van der Waals surface area contributed by atoms with Gasteiger partial charge in [-0.2, -0.15) is 0 Å². The van der Waals surface area contributed by atoms with Gasteiger partial charge in [0, 0.05) is 18.3 Å². The Morgan fingerprint density at radius 2 is 1.61 bits per heavy atom. The van der Waals surface area contributed by atoms with Crippen LogP contribution in [0.3, 0.4) is 0 Å². The van der Waals surface area contributed by atoms with Gasteiger partial charge in [-0.25, -0.2) is 9.78 Å². The third kappa shape index (κ3) is 10.4. The van der Waals surface area contributed by atoms with E-state index in [1.54, 1.807) is 0 Å². The van der Waals surface area contributed by atoms with E-state index in [9.17, 15) is 29.1 Å². The molecule has 0 saturated heterocycles. The maximum absolute atomic E-state index is 13.2. The summed E-state index contributed by atoms with van der Waals surface area (Å²) in [5, 5.41) is 25.5. The Morgan fingerprint density at radius 3 is 2.14 bits per heavy atom. The van der Waals surface area contributed by atoms with Crippen LogP contribution in [0.5, 0.6) is 0 Å². The van der Waals surface area contributed by atoms with Gasteiger partial charge in [0.15, 0.2) is 0 Å². The Bertz CT molecular complexity index is 878. The predicted molar refractivity (Wildman–Crippen MR) is 128 cm³/mol. The summed E-state index contributed by atoms with van der Waals surface area (Å²) in [6.07, 6.45) is 3.82. The van der Waals surface area contributed by atoms with Crippen molar-refractivity contribution in [3.8, 4) is 0 Å². The van der Waals surface area contributed by atoms with E-state index in [2.05, 4.69) is 25.9 Å². The number of carboxylic acid groups (broad SMARTS) is 2. The lowest BCUT2D eigenvalue weighted by atomic mass is 9.98. The van der Waals surface area contributed by atoms with E-state index >= 15 is 0 Å². The number of amides is 3. The summed E-state index contributed by atoms with van der Waals surface area (Å²) in [5.41, 5.74) is 12.1. The molecule has 10 N–H and O–H groups in total. The molecule has 1 aromatic heterocycles. The number of imidazole rings is 1. The number of unbranched alkanes of at least 4 members (excludes halogenated alkanes) is 1. The van der Waals surface area contributed by atoms with Gasteiger partial charge in [-0.1, -0.05) is 20.3 Å². The second-order valence-corrected chi connectivity index (χ2v) is 8.60. The fourth-order valence-electron chi connectivity index (χ4n) is 3.29. The van der Waals surface area contributed by atoms with Crippen molar-refractivity contribution in [2.45, 2.75) is 76.5 Å². The van der Waals surface area contributed by atoms with Crippen LogP contribution in [0.25, 0.3) is 0 Å². The Morgan fingerprint density at radius 1 is 1.00 bits per heavy atom. The normalized spacial score (nSPS) is 15.1. The number of aromatic amines is 1. The van der Waals surface area contributed by atoms with Crippen LogP contribution in [0.1, 0.15) is 51.6 Å². The molecule has 14 heteroatoms. The lowest BCUT2D eigenvalue weighted by Gasteiger charge is -2.26. The molecule has 1 heterocycles. The summed E-state index contributed by atoms with van der Waals surface area (Å²) >= 11 is 0. The first kappa shape index (κ1) is 30.5. The first-order valence-electron chi connectivity index (χ1n) is 11.8. The standard InChI is InChI=1S/C22H37N7O7/c1-3-12(2)18(24)21(34)28-15(8-13-10-25-11-26-13)20(33)27-14(6-4-5-7-23)19(32)29-16(22(35)36)9-17(30)31/h10-12,14-16,18H,3-9,23-24H2,1-2H3,(H,25,26)(H,27,33)(H,28,34)(H,29,32)(H,30,31)(H,35,36). The zero-order valence-corrected chi connectivity index (χ0v) is 20.5. The Labute approximate surface area is 209 Å². The molecule has 202 valence electrons. The maximum atomic E-state index is 13.2. The first-order chi connectivity index (χ1) is 17.0. The summed E-state index contributed by atoms with van der Waals surface area (Å²) in [4.78, 5) is 67.8. The molecule has 5 unspecified atom stereocenters. The fourth-order valence-corrected chi connectivity index (χ4v) is 3.29. The molecule has 0 spiro atoms. The lowest BCUT2D eigenvalue weighted by Crippen LogP contribution is -2.58. The molecule has 0 aliphatic heterocycles. The van der Waals surface area contributed by atoms with Gasteiger partial charge in [0.2, 0.25) is 17.7 Å². The molecule has 3 amide bonds. The maximum Gasteiger partial charge on any atom is 0.326 e. The van der Waals surface area contributed by atoms with E-state index in [0.717, 1.165) is 0 Å². The van der Waals surface area contributed by atoms with Gasteiger partial charge in [-0.3, -0.25) is 19.2 Å². The van der Waals surface area contributed by atoms with Crippen molar-refractivity contribution in [3.63, 3.8) is 0 Å². The Hall–Kier alpha value is -3.52. The summed E-state index contributed by atoms with van der Waals surface area (Å²) in [7, 11) is 0. The summed E-state index contributed by atoms with van der Waals surface area (Å²) in [5.74, 6) is -5.18. The topological polar surface area (TPSA) is 243 Å². The summed E-state index contributed by atoms with van der Waals surface area (Å²) < 4.78 is 0. The van der Waals surface area contributed by atoms with E-state index < -0.39 is 60.2 Å². The van der Waals surface area contributed by atoms with Crippen LogP contribution < -0.4 is 27.4 Å². The molecule has 0 aliphatic rings. The van der Waals surface area contributed by atoms with Crippen LogP contribution in [-0.4, -0.2) is 80.6 Å². The van der Waals surface area contributed by atoms with Crippen LogP contribution in [0.4, 0.5) is 0 Å². The molecule has 1 rings (SSSR count). The number of nitrogens with zero attached hydrogens (tertiary/aromatic N) is 1. The van der Waals surface area contributed by atoms with Gasteiger partial charge < -0.3 is 42.6 Å². The minimum Gasteiger partial charge on any atom is -0.481 e. The van der Waals surface area contributed by atoms with E-state index in [-0.39, 0.29) is 18.8 Å². The quantitative estimate of drug-likeness (QED) is 0.112. The molecule has 1 aromatic rings. The average molecular weight is 512 g/mol. The van der Waals surface area contributed by atoms with Crippen molar-refractivity contribution in [1.82, 2.24) is 25.9 Å². The minimum absolute atomic E-state index is 0.0265. The third-order valence-electron chi connectivity index (χ3n) is 5.74. The van der Waals surface area contributed by atoms with E-state index in [1.165, 1.54) is 12.5 Å². The molecule has 14 nitrogen and oxygen atoms in total. The molecule has 0 saturated carbocycles. The molecule has 0 bridgehead atoms. The van der Waals surface area contributed by atoms with Gasteiger partial charge in [-0.05, 0) is 31.7 Å². The summed E-state index contributed by atoms with van der Waals surface area (Å²) in [6, 6.07) is -4.85. The predicted octanol–water partition coefficient (Wildman–Crippen LogP) is -1.53. The second kappa shape index (κ2) is 15.5. The summed E-state index contributed by atoms with van der Waals surface area (Å²) in [6.45, 7) is 4.03. The van der Waals surface area contributed by atoms with Gasteiger partial charge in [0.25, 0.3) is 0 Å². The number of aliphatic carboxylic acids is 2. The van der Waals surface area contributed by atoms with E-state index in [1.807, 2.05) is 13.8 Å². The zero-order chi connectivity index (χ0) is 27.3. The number of nitrogens with two attached hydrogens (primary N) is 2. The van der Waals surface area contributed by atoms with Crippen LogP contribution in [0.2, 0.25) is 0 Å². The minimum atomic E-state index is -1.68. The highest BCUT2D eigenvalue weighted by Crippen LogP contribution is 2.08. The number of rotatable bonds is 17. The highest BCUT2D eigenvalue weighted by atomic mass is 16.4. The molecular weight excluding hydrogens is 474 g/mol. The zero-order valence-electron chi connectivity index (χ0n) is 20.5. The number of carbonyl (C=O) groups excluding carboxylic acids is 3. The Balaban J connectivity index is 3.08. The van der Waals surface area contributed by atoms with Crippen molar-refractivity contribution in [2.75, 3.05) is 6.54 Å². The van der Waals surface area contributed by atoms with E-state index in [0.29, 0.717) is 31.5 Å². The number of hydrogen-bond acceptors (Lipinski definition) is 8. The van der Waals surface area contributed by atoms with Crippen molar-refractivity contribution in [3.05, 3.63) is 18.2 Å². The SMILES string of the molecule is CCC(C)C(N)C(=O)NC(Cc1cnc[nH]1)C(=O)NC(CCCCN)C(=O)NC(CC(=O)O)C(=O)O. The number of H-pyrrole nitrogens is 1. The molecule has 0 fully saturated rings. The molecule has 36 heavy (non-hydrogen) atoms. The number of aromatic nitrogens is 2. The number of carboxylic acids is 2. The smallest absolute Gasteiger partial charge is 0.326 e. The third-order valence-corrected chi connectivity index (χ3v) is 5.74.